The first-order chi connectivity index (χ1) is 31.1. The first-order valence-corrected chi connectivity index (χ1v) is 22.9. The number of para-hydroxylation sites is 3. The monoisotopic (exact) mass is 850 g/mol. The normalized spacial score (nSPS) is 13.2. The molecule has 3 heterocycles. The predicted octanol–water partition coefficient (Wildman–Crippen LogP) is 16.4. The molecule has 1 aliphatic rings. The zero-order valence-corrected chi connectivity index (χ0v) is 39.1. The molecule has 0 aliphatic carbocycles. The summed E-state index contributed by atoms with van der Waals surface area (Å²) in [5.41, 5.74) is 15.3. The van der Waals surface area contributed by atoms with Gasteiger partial charge in [-0.05, 0) is 110 Å². The molecule has 5 nitrogen and oxygen atoms in total. The molecular formula is C60H58N4O. The number of anilines is 4. The molecular weight excluding hydrogens is 793 g/mol. The summed E-state index contributed by atoms with van der Waals surface area (Å²) < 4.78 is 9.11. The number of benzene rings is 7. The summed E-state index contributed by atoms with van der Waals surface area (Å²) in [5.74, 6) is 2.43. The zero-order valence-electron chi connectivity index (χ0n) is 39.1. The van der Waals surface area contributed by atoms with Crippen LogP contribution in [0.15, 0.2) is 176 Å². The Balaban J connectivity index is 1.01. The van der Waals surface area contributed by atoms with Crippen LogP contribution in [0, 0.1) is 0 Å². The number of fused-ring (bicyclic) bond motifs is 4. The van der Waals surface area contributed by atoms with Crippen molar-refractivity contribution in [1.29, 1.82) is 0 Å². The molecule has 1 aliphatic heterocycles. The molecule has 0 fully saturated rings. The fraction of sp³-hybridized carbons (Fsp3) is 0.217. The van der Waals surface area contributed by atoms with Crippen LogP contribution >= 0.6 is 0 Å². The molecule has 10 rings (SSSR count). The van der Waals surface area contributed by atoms with Crippen LogP contribution < -0.4 is 14.5 Å². The average molecular weight is 851 g/mol. The molecule has 0 bridgehead atoms. The summed E-state index contributed by atoms with van der Waals surface area (Å²) in [6.45, 7) is 21.2. The number of rotatable bonds is 7. The lowest BCUT2D eigenvalue weighted by atomic mass is 9.81. The van der Waals surface area contributed by atoms with Gasteiger partial charge in [-0.25, -0.2) is 4.98 Å². The highest BCUT2D eigenvalue weighted by molar-refractivity contribution is 6.09. The van der Waals surface area contributed by atoms with Crippen molar-refractivity contribution in [3.05, 3.63) is 193 Å². The van der Waals surface area contributed by atoms with Gasteiger partial charge in [0.05, 0.1) is 22.4 Å². The Kier molecular flexibility index (Phi) is 10.2. The molecule has 0 amide bonds. The molecule has 9 aromatic rings. The van der Waals surface area contributed by atoms with Gasteiger partial charge < -0.3 is 14.5 Å². The molecule has 0 saturated carbocycles. The number of ether oxygens (including phenoxy) is 1. The molecule has 324 valence electrons. The predicted molar refractivity (Wildman–Crippen MR) is 274 cm³/mol. The Morgan fingerprint density at radius 1 is 0.446 bits per heavy atom. The molecule has 5 heteroatoms. The number of hydrogen-bond donors (Lipinski definition) is 0. The molecule has 0 radical (unpaired) electrons. The molecule has 0 spiro atoms. The molecule has 0 N–H and O–H groups in total. The van der Waals surface area contributed by atoms with Gasteiger partial charge in [0, 0.05) is 46.0 Å². The van der Waals surface area contributed by atoms with E-state index in [-0.39, 0.29) is 16.2 Å². The molecule has 0 atom stereocenters. The van der Waals surface area contributed by atoms with Crippen molar-refractivity contribution in [2.24, 2.45) is 0 Å². The average Bonchev–Trinajstić information content (AvgIpc) is 3.84. The minimum absolute atomic E-state index is 0.0167. The fourth-order valence-corrected chi connectivity index (χ4v) is 9.34. The maximum atomic E-state index is 6.81. The molecule has 65 heavy (non-hydrogen) atoms. The van der Waals surface area contributed by atoms with E-state index in [2.05, 4.69) is 247 Å². The van der Waals surface area contributed by atoms with E-state index in [0.717, 1.165) is 50.7 Å². The third-order valence-corrected chi connectivity index (χ3v) is 12.9. The van der Waals surface area contributed by atoms with Crippen molar-refractivity contribution in [2.45, 2.75) is 78.6 Å². The third-order valence-electron chi connectivity index (χ3n) is 12.9. The van der Waals surface area contributed by atoms with E-state index in [1.54, 1.807) is 0 Å². The second kappa shape index (κ2) is 15.8. The quantitative estimate of drug-likeness (QED) is 0.160. The second-order valence-electron chi connectivity index (χ2n) is 20.7. The van der Waals surface area contributed by atoms with Crippen molar-refractivity contribution in [2.75, 3.05) is 16.5 Å². The Morgan fingerprint density at radius 3 is 1.82 bits per heavy atom. The molecule has 2 aromatic heterocycles. The van der Waals surface area contributed by atoms with Gasteiger partial charge in [0.25, 0.3) is 0 Å². The Labute approximate surface area is 384 Å². The molecule has 0 saturated heterocycles. The van der Waals surface area contributed by atoms with E-state index in [1.807, 2.05) is 6.07 Å². The number of hydrogen-bond acceptors (Lipinski definition) is 4. The van der Waals surface area contributed by atoms with Gasteiger partial charge in [-0.15, -0.1) is 0 Å². The lowest BCUT2D eigenvalue weighted by molar-refractivity contribution is 0.483. The van der Waals surface area contributed by atoms with Crippen LogP contribution in [0.5, 0.6) is 11.5 Å². The second-order valence-corrected chi connectivity index (χ2v) is 20.7. The highest BCUT2D eigenvalue weighted by atomic mass is 16.5. The highest BCUT2D eigenvalue weighted by Gasteiger charge is 2.30. The first kappa shape index (κ1) is 41.9. The van der Waals surface area contributed by atoms with Crippen molar-refractivity contribution < 1.29 is 4.74 Å². The van der Waals surface area contributed by atoms with Gasteiger partial charge in [-0.2, -0.15) is 0 Å². The van der Waals surface area contributed by atoms with Gasteiger partial charge in [0.15, 0.2) is 0 Å². The van der Waals surface area contributed by atoms with Crippen LogP contribution in [-0.2, 0) is 16.2 Å². The van der Waals surface area contributed by atoms with Crippen LogP contribution in [0.2, 0.25) is 0 Å². The van der Waals surface area contributed by atoms with Crippen LogP contribution in [-0.4, -0.2) is 16.2 Å². The number of pyridine rings is 1. The van der Waals surface area contributed by atoms with Gasteiger partial charge in [-0.3, -0.25) is 4.57 Å². The summed E-state index contributed by atoms with van der Waals surface area (Å²) in [5, 5.41) is 2.33. The van der Waals surface area contributed by atoms with Crippen LogP contribution in [0.1, 0.15) is 79.0 Å². The maximum Gasteiger partial charge on any atom is 0.137 e. The highest BCUT2D eigenvalue weighted by Crippen LogP contribution is 2.47. The summed E-state index contributed by atoms with van der Waals surface area (Å²) >= 11 is 0. The van der Waals surface area contributed by atoms with Crippen LogP contribution in [0.3, 0.4) is 0 Å². The third kappa shape index (κ3) is 7.94. The summed E-state index contributed by atoms with van der Waals surface area (Å²) in [7, 11) is 0. The SMILES string of the molecule is CC(C)(C)c1cccc(-c2cnc(-n3c4ccccc4c4ccc(Oc5cccc(N6CN(c7cc(-c8ccccc8)cc(C(C)(C)C)c7)c7ccccc76)c5)cc43)cc2C(C)(C)C)c1. The van der Waals surface area contributed by atoms with E-state index in [0.29, 0.717) is 6.67 Å². The van der Waals surface area contributed by atoms with Crippen molar-refractivity contribution >= 4 is 44.6 Å². The number of aromatic nitrogens is 2. The largest absolute Gasteiger partial charge is 0.457 e. The van der Waals surface area contributed by atoms with Crippen LogP contribution in [0.25, 0.3) is 49.9 Å². The van der Waals surface area contributed by atoms with E-state index in [4.69, 9.17) is 9.72 Å². The topological polar surface area (TPSA) is 33.5 Å². The van der Waals surface area contributed by atoms with Crippen molar-refractivity contribution in [1.82, 2.24) is 9.55 Å². The fourth-order valence-electron chi connectivity index (χ4n) is 9.34. The van der Waals surface area contributed by atoms with Gasteiger partial charge in [-0.1, -0.05) is 159 Å². The van der Waals surface area contributed by atoms with Crippen molar-refractivity contribution in [3.63, 3.8) is 0 Å². The smallest absolute Gasteiger partial charge is 0.137 e. The minimum Gasteiger partial charge on any atom is -0.457 e. The van der Waals surface area contributed by atoms with Crippen LogP contribution in [0.4, 0.5) is 22.7 Å². The first-order valence-electron chi connectivity index (χ1n) is 22.9. The zero-order chi connectivity index (χ0) is 45.3. The van der Waals surface area contributed by atoms with Gasteiger partial charge >= 0.3 is 0 Å². The standard InChI is InChI=1S/C60H58N4O/c1-58(2,3)43-22-17-21-41(31-43)51-38-61-57(37-52(51)60(7,8)9)64-53-26-14-13-25-49(53)50-30-29-48(36-56(50)64)65-47-24-18-23-45(35-47)62-39-63(55-28-16-15-27-54(55)62)46-33-42(40-19-11-10-12-20-40)32-44(34-46)59(4,5)6/h10-38H,39H2,1-9H3. The van der Waals surface area contributed by atoms with E-state index < -0.39 is 0 Å². The van der Waals surface area contributed by atoms with E-state index in [1.165, 1.54) is 50.1 Å². The maximum absolute atomic E-state index is 6.81. The number of nitrogens with zero attached hydrogens (tertiary/aromatic N) is 4. The summed E-state index contributed by atoms with van der Waals surface area (Å²) in [6, 6.07) is 61.2. The van der Waals surface area contributed by atoms with Crippen molar-refractivity contribution in [3.8, 4) is 39.6 Å². The molecule has 7 aromatic carbocycles. The van der Waals surface area contributed by atoms with E-state index in [9.17, 15) is 0 Å². The van der Waals surface area contributed by atoms with E-state index >= 15 is 0 Å². The molecule has 0 unspecified atom stereocenters. The summed E-state index contributed by atoms with van der Waals surface area (Å²) in [6.07, 6.45) is 2.07. The van der Waals surface area contributed by atoms with Gasteiger partial charge in [0.1, 0.15) is 24.0 Å². The summed E-state index contributed by atoms with van der Waals surface area (Å²) in [4.78, 5) is 10.1. The van der Waals surface area contributed by atoms with Gasteiger partial charge in [0.2, 0.25) is 0 Å². The Hall–Kier alpha value is -7.11. The lowest BCUT2D eigenvalue weighted by Gasteiger charge is -2.26. The Bertz CT molecular complexity index is 3230. The lowest BCUT2D eigenvalue weighted by Crippen LogP contribution is -2.24. The minimum atomic E-state index is -0.128. The Morgan fingerprint density at radius 2 is 1.08 bits per heavy atom.